The fourth-order valence-electron chi connectivity index (χ4n) is 5.69. The summed E-state index contributed by atoms with van der Waals surface area (Å²) in [5, 5.41) is 21.9. The highest BCUT2D eigenvalue weighted by molar-refractivity contribution is 5.82. The maximum absolute atomic E-state index is 11.4. The van der Waals surface area contributed by atoms with Crippen molar-refractivity contribution in [2.24, 2.45) is 5.92 Å². The van der Waals surface area contributed by atoms with Crippen LogP contribution in [-0.2, 0) is 9.47 Å². The molecule has 1 aromatic rings. The Kier molecular flexibility index (Phi) is 4.37. The quantitative estimate of drug-likeness (QED) is 0.817. The van der Waals surface area contributed by atoms with Crippen molar-refractivity contribution in [1.82, 2.24) is 4.90 Å². The lowest BCUT2D eigenvalue weighted by molar-refractivity contribution is 0.105. The monoisotopic (exact) mass is 397 g/mol. The Morgan fingerprint density at radius 3 is 2.41 bits per heavy atom. The molecular weight excluding hydrogens is 370 g/mol. The van der Waals surface area contributed by atoms with E-state index in [1.807, 2.05) is 6.07 Å². The molecule has 1 fully saturated rings. The zero-order valence-electron chi connectivity index (χ0n) is 17.0. The van der Waals surface area contributed by atoms with Crippen LogP contribution in [0.4, 0.5) is 0 Å². The number of nitrogens with zero attached hydrogens (tertiary/aromatic N) is 1. The Bertz CT molecular complexity index is 947. The Morgan fingerprint density at radius 2 is 1.72 bits per heavy atom. The number of benzene rings is 1. The van der Waals surface area contributed by atoms with Crippen molar-refractivity contribution in [1.29, 1.82) is 0 Å². The molecule has 6 heteroatoms. The number of allylic oxidation sites excluding steroid dienone is 2. The Labute approximate surface area is 170 Å². The van der Waals surface area contributed by atoms with Crippen LogP contribution < -0.4 is 4.74 Å². The van der Waals surface area contributed by atoms with E-state index >= 15 is 0 Å². The molecule has 6 nitrogen and oxygen atoms in total. The second-order valence-corrected chi connectivity index (χ2v) is 8.16. The predicted octanol–water partition coefficient (Wildman–Crippen LogP) is 2.78. The summed E-state index contributed by atoms with van der Waals surface area (Å²) < 4.78 is 16.8. The highest BCUT2D eigenvalue weighted by atomic mass is 16.5. The van der Waals surface area contributed by atoms with Gasteiger partial charge in [0.1, 0.15) is 0 Å². The van der Waals surface area contributed by atoms with Gasteiger partial charge in [0.2, 0.25) is 0 Å². The zero-order chi connectivity index (χ0) is 20.3. The first-order valence-electron chi connectivity index (χ1n) is 10.2. The number of ether oxygens (including phenoxy) is 3. The lowest BCUT2D eigenvalue weighted by Gasteiger charge is -2.45. The minimum Gasteiger partial charge on any atom is -0.504 e. The topological polar surface area (TPSA) is 71.4 Å². The van der Waals surface area contributed by atoms with Crippen molar-refractivity contribution in [3.8, 4) is 11.5 Å². The van der Waals surface area contributed by atoms with Crippen LogP contribution in [0.25, 0.3) is 5.57 Å². The fraction of sp³-hybridized carbons (Fsp3) is 0.478. The third-order valence-corrected chi connectivity index (χ3v) is 6.93. The molecule has 1 aromatic carbocycles. The molecule has 2 N–H and O–H groups in total. The number of rotatable bonds is 3. The van der Waals surface area contributed by atoms with Crippen LogP contribution in [0.5, 0.6) is 11.5 Å². The number of aromatic hydroxyl groups is 1. The lowest BCUT2D eigenvalue weighted by atomic mass is 9.66. The third kappa shape index (κ3) is 2.55. The summed E-state index contributed by atoms with van der Waals surface area (Å²) in [5.41, 5.74) is 4.09. The first-order chi connectivity index (χ1) is 14.1. The highest BCUT2D eigenvalue weighted by Gasteiger charge is 2.47. The molecule has 29 heavy (non-hydrogen) atoms. The van der Waals surface area contributed by atoms with Gasteiger partial charge in [-0.05, 0) is 54.3 Å². The molecule has 4 unspecified atom stereocenters. The third-order valence-electron chi connectivity index (χ3n) is 6.93. The molecule has 0 saturated carbocycles. The summed E-state index contributed by atoms with van der Waals surface area (Å²) in [5.74, 6) is 1.89. The number of phenolic OH excluding ortho intramolecular Hbond substituents is 1. The van der Waals surface area contributed by atoms with Gasteiger partial charge in [-0.3, -0.25) is 4.90 Å². The van der Waals surface area contributed by atoms with E-state index in [0.717, 1.165) is 42.6 Å². The van der Waals surface area contributed by atoms with Gasteiger partial charge in [0, 0.05) is 30.0 Å². The number of methoxy groups -OCH3 is 3. The van der Waals surface area contributed by atoms with Gasteiger partial charge in [-0.1, -0.05) is 6.07 Å². The largest absolute Gasteiger partial charge is 0.504 e. The van der Waals surface area contributed by atoms with Gasteiger partial charge in [0.25, 0.3) is 0 Å². The van der Waals surface area contributed by atoms with Crippen LogP contribution in [-0.4, -0.2) is 61.7 Å². The van der Waals surface area contributed by atoms with Crippen molar-refractivity contribution >= 4 is 5.57 Å². The maximum Gasteiger partial charge on any atom is 0.164 e. The highest BCUT2D eigenvalue weighted by Crippen LogP contribution is 2.55. The number of fused-ring (bicyclic) bond motifs is 6. The normalized spacial score (nSPS) is 30.5. The molecule has 0 spiro atoms. The molecule has 2 heterocycles. The van der Waals surface area contributed by atoms with Crippen molar-refractivity contribution < 1.29 is 24.4 Å². The molecule has 0 radical (unpaired) electrons. The Morgan fingerprint density at radius 1 is 1.00 bits per heavy atom. The van der Waals surface area contributed by atoms with Crippen molar-refractivity contribution in [2.45, 2.75) is 30.9 Å². The summed E-state index contributed by atoms with van der Waals surface area (Å²) >= 11 is 0. The van der Waals surface area contributed by atoms with Crippen molar-refractivity contribution in [3.63, 3.8) is 0 Å². The van der Waals surface area contributed by atoms with Crippen molar-refractivity contribution in [3.05, 3.63) is 52.5 Å². The predicted molar refractivity (Wildman–Crippen MR) is 109 cm³/mol. The molecule has 0 aromatic heterocycles. The van der Waals surface area contributed by atoms with E-state index in [-0.39, 0.29) is 23.6 Å². The summed E-state index contributed by atoms with van der Waals surface area (Å²) in [7, 11) is 4.85. The van der Waals surface area contributed by atoms with Crippen LogP contribution >= 0.6 is 0 Å². The molecule has 154 valence electrons. The Hall–Kier alpha value is -2.44. The SMILES string of the molecule is COC1=CC2C3=C(c4ccc(O)c(OC)c4C2C=C1OC)C(O)C1CCCN1C3. The van der Waals surface area contributed by atoms with Crippen LogP contribution in [0.2, 0.25) is 0 Å². The molecule has 4 aliphatic rings. The van der Waals surface area contributed by atoms with Gasteiger partial charge < -0.3 is 24.4 Å². The van der Waals surface area contributed by atoms with Crippen LogP contribution in [0.15, 0.2) is 41.4 Å². The smallest absolute Gasteiger partial charge is 0.164 e. The first-order valence-corrected chi connectivity index (χ1v) is 10.2. The summed E-state index contributed by atoms with van der Waals surface area (Å²) in [6.45, 7) is 1.85. The van der Waals surface area contributed by atoms with E-state index in [0.29, 0.717) is 17.3 Å². The van der Waals surface area contributed by atoms with E-state index in [2.05, 4.69) is 17.1 Å². The molecule has 0 bridgehead atoms. The number of phenols is 1. The number of hydrogen-bond donors (Lipinski definition) is 2. The minimum atomic E-state index is -0.553. The van der Waals surface area contributed by atoms with Crippen molar-refractivity contribution in [2.75, 3.05) is 34.4 Å². The van der Waals surface area contributed by atoms with Gasteiger partial charge in [-0.2, -0.15) is 0 Å². The van der Waals surface area contributed by atoms with Gasteiger partial charge in [0.15, 0.2) is 23.0 Å². The second-order valence-electron chi connectivity index (χ2n) is 8.16. The minimum absolute atomic E-state index is 0.0123. The molecule has 1 saturated heterocycles. The first kappa shape index (κ1) is 18.6. The summed E-state index contributed by atoms with van der Waals surface area (Å²) in [4.78, 5) is 2.40. The van der Waals surface area contributed by atoms with Gasteiger partial charge >= 0.3 is 0 Å². The molecule has 2 aliphatic heterocycles. The van der Waals surface area contributed by atoms with Crippen LogP contribution in [0.3, 0.4) is 0 Å². The molecule has 0 amide bonds. The average Bonchev–Trinajstić information content (AvgIpc) is 3.21. The van der Waals surface area contributed by atoms with Gasteiger partial charge in [-0.25, -0.2) is 0 Å². The van der Waals surface area contributed by atoms with E-state index in [4.69, 9.17) is 14.2 Å². The zero-order valence-corrected chi connectivity index (χ0v) is 17.0. The van der Waals surface area contributed by atoms with E-state index in [1.54, 1.807) is 27.4 Å². The van der Waals surface area contributed by atoms with E-state index in [1.165, 1.54) is 5.57 Å². The maximum atomic E-state index is 11.4. The standard InChI is InChI=1S/C23H27NO5/c1-27-18-9-13-14(10-19(18)28-2)21-12(6-7-17(25)23(21)29-3)20-15(13)11-24-8-4-5-16(24)22(20)26/h6-7,9-10,13-14,16,22,25-26H,4-5,8,11H2,1-3H3. The van der Waals surface area contributed by atoms with Gasteiger partial charge in [-0.15, -0.1) is 0 Å². The lowest BCUT2D eigenvalue weighted by Crippen LogP contribution is -2.48. The Balaban J connectivity index is 1.77. The number of aliphatic hydroxyl groups excluding tert-OH is 1. The number of hydrogen-bond acceptors (Lipinski definition) is 6. The molecular formula is C23H27NO5. The van der Waals surface area contributed by atoms with E-state index in [9.17, 15) is 10.2 Å². The molecule has 5 rings (SSSR count). The van der Waals surface area contributed by atoms with E-state index < -0.39 is 6.10 Å². The fourth-order valence-corrected chi connectivity index (χ4v) is 5.69. The van der Waals surface area contributed by atoms with Crippen LogP contribution in [0.1, 0.15) is 29.9 Å². The summed E-state index contributed by atoms with van der Waals surface area (Å²) in [6, 6.07) is 3.73. The average molecular weight is 397 g/mol. The van der Waals surface area contributed by atoms with Gasteiger partial charge in [0.05, 0.1) is 27.4 Å². The van der Waals surface area contributed by atoms with Crippen LogP contribution in [0, 0.1) is 5.92 Å². The second kappa shape index (κ2) is 6.82. The number of aliphatic hydroxyl groups is 1. The molecule has 2 aliphatic carbocycles. The molecule has 4 atom stereocenters. The summed E-state index contributed by atoms with van der Waals surface area (Å²) in [6.07, 6.45) is 5.70.